The van der Waals surface area contributed by atoms with Gasteiger partial charge in [-0.15, -0.1) is 0 Å². The lowest BCUT2D eigenvalue weighted by molar-refractivity contribution is 0.664. The molecule has 1 nitrogen and oxygen atoms in total. The molecule has 0 saturated heterocycles. The smallest absolute Gasteiger partial charge is 0.0543 e. The van der Waals surface area contributed by atoms with Gasteiger partial charge in [0, 0.05) is 22.4 Å². The standard InChI is InChI=1S/C51H39N/c1-51(2)49-44(40-20-11-5-12-21-40)24-15-25-45(49)46-34-35-47(48(50(46)51)41-22-13-6-14-23-41)52(42-30-26-38(27-31-42)36-16-7-3-8-17-36)43-32-28-39(29-33-43)37-18-9-4-10-19-37/h3-35H,1-2H3. The van der Waals surface area contributed by atoms with Gasteiger partial charge < -0.3 is 4.90 Å². The molecule has 8 aromatic carbocycles. The van der Waals surface area contributed by atoms with E-state index in [0.717, 1.165) is 17.1 Å². The van der Waals surface area contributed by atoms with Gasteiger partial charge in [0.25, 0.3) is 0 Å². The number of nitrogens with zero attached hydrogens (tertiary/aromatic N) is 1. The Labute approximate surface area is 307 Å². The Morgan fingerprint density at radius 3 is 1.21 bits per heavy atom. The van der Waals surface area contributed by atoms with Crippen molar-refractivity contribution in [2.75, 3.05) is 4.90 Å². The molecule has 0 unspecified atom stereocenters. The first kappa shape index (κ1) is 31.5. The fourth-order valence-corrected chi connectivity index (χ4v) is 8.28. The lowest BCUT2D eigenvalue weighted by atomic mass is 9.76. The highest BCUT2D eigenvalue weighted by atomic mass is 15.1. The molecule has 0 amide bonds. The van der Waals surface area contributed by atoms with Crippen molar-refractivity contribution < 1.29 is 0 Å². The lowest BCUT2D eigenvalue weighted by Gasteiger charge is -2.32. The maximum Gasteiger partial charge on any atom is 0.0543 e. The highest BCUT2D eigenvalue weighted by Crippen LogP contribution is 2.58. The van der Waals surface area contributed by atoms with Crippen LogP contribution in [0.25, 0.3) is 55.6 Å². The Morgan fingerprint density at radius 1 is 0.308 bits per heavy atom. The number of fused-ring (bicyclic) bond motifs is 3. The molecular formula is C51H39N. The van der Waals surface area contributed by atoms with Gasteiger partial charge in [-0.25, -0.2) is 0 Å². The number of hydrogen-bond acceptors (Lipinski definition) is 1. The first-order valence-corrected chi connectivity index (χ1v) is 18.1. The highest BCUT2D eigenvalue weighted by Gasteiger charge is 2.41. The predicted octanol–water partition coefficient (Wildman–Crippen LogP) is 14.1. The van der Waals surface area contributed by atoms with Gasteiger partial charge in [-0.2, -0.15) is 0 Å². The molecule has 52 heavy (non-hydrogen) atoms. The van der Waals surface area contributed by atoms with E-state index in [9.17, 15) is 0 Å². The molecule has 0 fully saturated rings. The van der Waals surface area contributed by atoms with Gasteiger partial charge in [0.05, 0.1) is 5.69 Å². The predicted molar refractivity (Wildman–Crippen MR) is 220 cm³/mol. The maximum absolute atomic E-state index is 2.45. The Kier molecular flexibility index (Phi) is 7.90. The van der Waals surface area contributed by atoms with Gasteiger partial charge in [0.2, 0.25) is 0 Å². The van der Waals surface area contributed by atoms with E-state index in [0.29, 0.717) is 0 Å². The van der Waals surface area contributed by atoms with Crippen molar-refractivity contribution in [3.05, 3.63) is 211 Å². The van der Waals surface area contributed by atoms with E-state index in [-0.39, 0.29) is 5.41 Å². The van der Waals surface area contributed by atoms with Gasteiger partial charge in [-0.3, -0.25) is 0 Å². The van der Waals surface area contributed by atoms with Crippen LogP contribution in [-0.2, 0) is 5.41 Å². The summed E-state index contributed by atoms with van der Waals surface area (Å²) < 4.78 is 0. The summed E-state index contributed by atoms with van der Waals surface area (Å²) in [7, 11) is 0. The van der Waals surface area contributed by atoms with E-state index < -0.39 is 0 Å². The second-order valence-electron chi connectivity index (χ2n) is 14.1. The molecule has 0 radical (unpaired) electrons. The zero-order valence-electron chi connectivity index (χ0n) is 29.5. The van der Waals surface area contributed by atoms with Gasteiger partial charge >= 0.3 is 0 Å². The van der Waals surface area contributed by atoms with Crippen molar-refractivity contribution in [3.8, 4) is 55.6 Å². The Bertz CT molecular complexity index is 2400. The summed E-state index contributed by atoms with van der Waals surface area (Å²) in [5, 5.41) is 0. The van der Waals surface area contributed by atoms with E-state index in [1.54, 1.807) is 0 Å². The molecule has 0 saturated carbocycles. The van der Waals surface area contributed by atoms with Crippen molar-refractivity contribution in [2.45, 2.75) is 19.3 Å². The van der Waals surface area contributed by atoms with Gasteiger partial charge in [-0.1, -0.05) is 184 Å². The second kappa shape index (κ2) is 13.0. The van der Waals surface area contributed by atoms with Crippen molar-refractivity contribution in [3.63, 3.8) is 0 Å². The van der Waals surface area contributed by atoms with Crippen LogP contribution in [-0.4, -0.2) is 0 Å². The topological polar surface area (TPSA) is 3.24 Å². The minimum absolute atomic E-state index is 0.266. The van der Waals surface area contributed by atoms with Gasteiger partial charge in [0.1, 0.15) is 0 Å². The monoisotopic (exact) mass is 665 g/mol. The molecule has 1 aliphatic carbocycles. The second-order valence-corrected chi connectivity index (χ2v) is 14.1. The Balaban J connectivity index is 1.28. The summed E-state index contributed by atoms with van der Waals surface area (Å²) in [5.74, 6) is 0. The third-order valence-electron chi connectivity index (χ3n) is 10.6. The van der Waals surface area contributed by atoms with Crippen LogP contribution in [0.2, 0.25) is 0 Å². The van der Waals surface area contributed by atoms with E-state index in [1.807, 2.05) is 0 Å². The van der Waals surface area contributed by atoms with Crippen molar-refractivity contribution >= 4 is 17.1 Å². The quantitative estimate of drug-likeness (QED) is 0.164. The number of hydrogen-bond donors (Lipinski definition) is 0. The summed E-state index contributed by atoms with van der Waals surface area (Å²) >= 11 is 0. The van der Waals surface area contributed by atoms with Crippen LogP contribution in [0, 0.1) is 0 Å². The molecule has 0 heterocycles. The molecule has 0 atom stereocenters. The van der Waals surface area contributed by atoms with E-state index in [1.165, 1.54) is 66.8 Å². The summed E-state index contributed by atoms with van der Waals surface area (Å²) in [6, 6.07) is 72.6. The third-order valence-corrected chi connectivity index (χ3v) is 10.6. The molecule has 0 N–H and O–H groups in total. The normalized spacial score (nSPS) is 12.6. The maximum atomic E-state index is 2.45. The molecule has 9 rings (SSSR count). The minimum atomic E-state index is -0.266. The van der Waals surface area contributed by atoms with E-state index >= 15 is 0 Å². The largest absolute Gasteiger partial charge is 0.310 e. The molecule has 8 aromatic rings. The van der Waals surface area contributed by atoms with Crippen LogP contribution >= 0.6 is 0 Å². The summed E-state index contributed by atoms with van der Waals surface area (Å²) in [4.78, 5) is 2.45. The first-order valence-electron chi connectivity index (χ1n) is 18.1. The highest BCUT2D eigenvalue weighted by molar-refractivity contribution is 5.99. The average molecular weight is 666 g/mol. The number of anilines is 3. The third kappa shape index (κ3) is 5.43. The lowest BCUT2D eigenvalue weighted by Crippen LogP contribution is -2.19. The summed E-state index contributed by atoms with van der Waals surface area (Å²) in [6.45, 7) is 4.82. The number of rotatable bonds is 7. The fraction of sp³-hybridized carbons (Fsp3) is 0.0588. The molecule has 0 bridgehead atoms. The molecule has 248 valence electrons. The molecule has 0 aromatic heterocycles. The van der Waals surface area contributed by atoms with Crippen LogP contribution in [0.5, 0.6) is 0 Å². The fourth-order valence-electron chi connectivity index (χ4n) is 8.28. The van der Waals surface area contributed by atoms with Gasteiger partial charge in [-0.05, 0) is 91.5 Å². The average Bonchev–Trinajstić information content (AvgIpc) is 3.46. The van der Waals surface area contributed by atoms with Crippen LogP contribution in [0.15, 0.2) is 200 Å². The molecule has 1 aliphatic rings. The van der Waals surface area contributed by atoms with Crippen molar-refractivity contribution in [2.24, 2.45) is 0 Å². The first-order chi connectivity index (χ1) is 25.6. The van der Waals surface area contributed by atoms with Gasteiger partial charge in [0.15, 0.2) is 0 Å². The van der Waals surface area contributed by atoms with Crippen LogP contribution in [0.1, 0.15) is 25.0 Å². The summed E-state index contributed by atoms with van der Waals surface area (Å²) in [5.41, 5.74) is 18.3. The zero-order chi connectivity index (χ0) is 35.1. The molecule has 0 aliphatic heterocycles. The number of benzene rings is 8. The SMILES string of the molecule is CC1(C)c2c(-c3ccccc3)cccc2-c2ccc(N(c3ccc(-c4ccccc4)cc3)c3ccc(-c4ccccc4)cc3)c(-c3ccccc3)c21. The Hall–Kier alpha value is -6.44. The van der Waals surface area contributed by atoms with Crippen LogP contribution < -0.4 is 4.90 Å². The van der Waals surface area contributed by atoms with E-state index in [2.05, 4.69) is 219 Å². The van der Waals surface area contributed by atoms with Crippen LogP contribution in [0.4, 0.5) is 17.1 Å². The Morgan fingerprint density at radius 2 is 0.712 bits per heavy atom. The van der Waals surface area contributed by atoms with Crippen molar-refractivity contribution in [1.29, 1.82) is 0 Å². The van der Waals surface area contributed by atoms with Crippen molar-refractivity contribution in [1.82, 2.24) is 0 Å². The molecule has 0 spiro atoms. The van der Waals surface area contributed by atoms with E-state index in [4.69, 9.17) is 0 Å². The molecule has 1 heteroatoms. The van der Waals surface area contributed by atoms with Crippen LogP contribution in [0.3, 0.4) is 0 Å². The summed E-state index contributed by atoms with van der Waals surface area (Å²) in [6.07, 6.45) is 0. The molecular weight excluding hydrogens is 627 g/mol. The zero-order valence-corrected chi connectivity index (χ0v) is 29.5. The minimum Gasteiger partial charge on any atom is -0.310 e.